The van der Waals surface area contributed by atoms with E-state index in [1.807, 2.05) is 44.2 Å². The number of rotatable bonds is 6. The van der Waals surface area contributed by atoms with Crippen LogP contribution in [-0.2, 0) is 11.2 Å². The number of nitrogens with zero attached hydrogens (tertiary/aromatic N) is 2. The van der Waals surface area contributed by atoms with E-state index in [0.29, 0.717) is 55.6 Å². The third kappa shape index (κ3) is 4.97. The number of hydrogen-bond acceptors (Lipinski definition) is 4. The Labute approximate surface area is 193 Å². The smallest absolute Gasteiger partial charge is 0.261 e. The number of hydrogen-bond donors (Lipinski definition) is 1. The van der Waals surface area contributed by atoms with Gasteiger partial charge in [-0.05, 0) is 42.5 Å². The molecule has 4 rings (SSSR count). The van der Waals surface area contributed by atoms with Crippen LogP contribution in [0, 0.1) is 5.92 Å². The van der Waals surface area contributed by atoms with Gasteiger partial charge in [0.25, 0.3) is 17.7 Å². The van der Waals surface area contributed by atoms with Crippen molar-refractivity contribution in [1.82, 2.24) is 15.1 Å². The zero-order valence-corrected chi connectivity index (χ0v) is 19.0. The summed E-state index contributed by atoms with van der Waals surface area (Å²) in [7, 11) is 0. The van der Waals surface area contributed by atoms with Crippen molar-refractivity contribution < 1.29 is 19.2 Å². The van der Waals surface area contributed by atoms with Crippen LogP contribution in [0.2, 0.25) is 0 Å². The van der Waals surface area contributed by atoms with E-state index in [9.17, 15) is 19.2 Å². The van der Waals surface area contributed by atoms with E-state index >= 15 is 0 Å². The molecule has 2 aliphatic heterocycles. The van der Waals surface area contributed by atoms with Crippen molar-refractivity contribution in [3.05, 3.63) is 70.8 Å². The molecule has 33 heavy (non-hydrogen) atoms. The minimum absolute atomic E-state index is 0.0151. The summed E-state index contributed by atoms with van der Waals surface area (Å²) in [5.41, 5.74) is 2.04. The summed E-state index contributed by atoms with van der Waals surface area (Å²) < 4.78 is 0. The van der Waals surface area contributed by atoms with Crippen molar-refractivity contribution in [2.24, 2.45) is 5.92 Å². The number of carbonyl (C=O) groups is 4. The van der Waals surface area contributed by atoms with Gasteiger partial charge >= 0.3 is 0 Å². The van der Waals surface area contributed by atoms with Crippen LogP contribution in [0.25, 0.3) is 0 Å². The number of nitrogens with one attached hydrogen (secondary N) is 1. The van der Waals surface area contributed by atoms with Crippen molar-refractivity contribution in [3.8, 4) is 0 Å². The number of imide groups is 1. The highest BCUT2D eigenvalue weighted by Crippen LogP contribution is 2.26. The van der Waals surface area contributed by atoms with E-state index in [-0.39, 0.29) is 35.6 Å². The van der Waals surface area contributed by atoms with Crippen LogP contribution in [0.1, 0.15) is 63.3 Å². The molecule has 2 heterocycles. The normalized spacial score (nSPS) is 16.3. The van der Waals surface area contributed by atoms with Crippen molar-refractivity contribution in [3.63, 3.8) is 0 Å². The highest BCUT2D eigenvalue weighted by molar-refractivity contribution is 6.22. The first-order valence-corrected chi connectivity index (χ1v) is 11.5. The Bertz CT molecular complexity index is 1070. The van der Waals surface area contributed by atoms with Gasteiger partial charge < -0.3 is 10.2 Å². The lowest BCUT2D eigenvalue weighted by atomic mass is 10.0. The summed E-state index contributed by atoms with van der Waals surface area (Å²) in [5, 5.41) is 3.07. The summed E-state index contributed by atoms with van der Waals surface area (Å²) in [6, 6.07) is 14.4. The zero-order valence-electron chi connectivity index (χ0n) is 19.0. The number of benzene rings is 2. The van der Waals surface area contributed by atoms with Crippen LogP contribution in [0.5, 0.6) is 0 Å². The van der Waals surface area contributed by atoms with Crippen molar-refractivity contribution in [2.45, 2.75) is 39.2 Å². The fraction of sp³-hybridized carbons (Fsp3) is 0.385. The Balaban J connectivity index is 1.34. The Kier molecular flexibility index (Phi) is 6.58. The van der Waals surface area contributed by atoms with Gasteiger partial charge in [-0.15, -0.1) is 0 Å². The molecule has 0 spiro atoms. The average Bonchev–Trinajstić information content (AvgIpc) is 3.03. The highest BCUT2D eigenvalue weighted by Gasteiger charge is 2.36. The van der Waals surface area contributed by atoms with Crippen molar-refractivity contribution in [2.75, 3.05) is 19.6 Å². The molecule has 1 saturated heterocycles. The third-order valence-electron chi connectivity index (χ3n) is 6.12. The molecule has 0 aromatic heterocycles. The summed E-state index contributed by atoms with van der Waals surface area (Å²) in [5.74, 6) is -0.635. The van der Waals surface area contributed by atoms with Crippen LogP contribution in [-0.4, -0.2) is 59.1 Å². The van der Waals surface area contributed by atoms with Crippen LogP contribution >= 0.6 is 0 Å². The molecule has 0 unspecified atom stereocenters. The summed E-state index contributed by atoms with van der Waals surface area (Å²) in [6.45, 7) is 5.31. The molecule has 2 aliphatic rings. The molecule has 2 aromatic carbocycles. The zero-order chi connectivity index (χ0) is 23.5. The molecule has 0 saturated carbocycles. The molecule has 1 fully saturated rings. The maximum absolute atomic E-state index is 13.0. The number of fused-ring (bicyclic) bond motifs is 1. The number of likely N-dealkylation sites (tertiary alicyclic amines) is 1. The first-order chi connectivity index (χ1) is 15.8. The van der Waals surface area contributed by atoms with E-state index in [1.54, 1.807) is 23.1 Å². The monoisotopic (exact) mass is 447 g/mol. The molecule has 7 nitrogen and oxygen atoms in total. The lowest BCUT2D eigenvalue weighted by Gasteiger charge is -2.32. The summed E-state index contributed by atoms with van der Waals surface area (Å²) in [4.78, 5) is 53.6. The summed E-state index contributed by atoms with van der Waals surface area (Å²) in [6.07, 6.45) is 1.70. The second kappa shape index (κ2) is 9.57. The van der Waals surface area contributed by atoms with Crippen LogP contribution in [0.4, 0.5) is 0 Å². The first-order valence-electron chi connectivity index (χ1n) is 11.5. The van der Waals surface area contributed by atoms with Gasteiger partial charge in [0, 0.05) is 31.2 Å². The molecule has 172 valence electrons. The van der Waals surface area contributed by atoms with E-state index in [4.69, 9.17) is 0 Å². The van der Waals surface area contributed by atoms with Crippen molar-refractivity contribution in [1.29, 1.82) is 0 Å². The van der Waals surface area contributed by atoms with Gasteiger partial charge in [0.05, 0.1) is 17.5 Å². The maximum Gasteiger partial charge on any atom is 0.261 e. The first kappa shape index (κ1) is 22.7. The second-order valence-electron chi connectivity index (χ2n) is 9.17. The number of carbonyl (C=O) groups excluding carboxylic acids is 4. The van der Waals surface area contributed by atoms with Crippen LogP contribution in [0.15, 0.2) is 48.5 Å². The quantitative estimate of drug-likeness (QED) is 0.690. The number of amides is 4. The molecular weight excluding hydrogens is 418 g/mol. The SMILES string of the molecule is CC(C)CN1C(=O)c2ccc(C(=O)N3CCC(NC(=O)Cc4ccccc4)CC3)cc2C1=O. The molecule has 0 atom stereocenters. The van der Waals surface area contributed by atoms with Crippen LogP contribution < -0.4 is 5.32 Å². The maximum atomic E-state index is 13.0. The van der Waals surface area contributed by atoms with Gasteiger partial charge in [0.2, 0.25) is 5.91 Å². The van der Waals surface area contributed by atoms with Gasteiger partial charge in [-0.2, -0.15) is 0 Å². The highest BCUT2D eigenvalue weighted by atomic mass is 16.2. The standard InChI is InChI=1S/C26H29N3O4/c1-17(2)16-29-25(32)21-9-8-19(15-22(21)26(29)33)24(31)28-12-10-20(11-13-28)27-23(30)14-18-6-4-3-5-7-18/h3-9,15,17,20H,10-14,16H2,1-2H3,(H,27,30). The van der Waals surface area contributed by atoms with Gasteiger partial charge in [0.15, 0.2) is 0 Å². The van der Waals surface area contributed by atoms with Crippen LogP contribution in [0.3, 0.4) is 0 Å². The summed E-state index contributed by atoms with van der Waals surface area (Å²) >= 11 is 0. The third-order valence-corrected chi connectivity index (χ3v) is 6.12. The lowest BCUT2D eigenvalue weighted by molar-refractivity contribution is -0.121. The van der Waals surface area contributed by atoms with E-state index < -0.39 is 0 Å². The minimum atomic E-state index is -0.335. The van der Waals surface area contributed by atoms with E-state index in [1.165, 1.54) is 4.90 Å². The van der Waals surface area contributed by atoms with Gasteiger partial charge in [-0.3, -0.25) is 24.1 Å². The molecule has 7 heteroatoms. The second-order valence-corrected chi connectivity index (χ2v) is 9.17. The Morgan fingerprint density at radius 3 is 2.30 bits per heavy atom. The molecule has 0 aliphatic carbocycles. The average molecular weight is 448 g/mol. The Morgan fingerprint density at radius 1 is 0.970 bits per heavy atom. The van der Waals surface area contributed by atoms with E-state index in [2.05, 4.69) is 5.32 Å². The Hall–Kier alpha value is -3.48. The Morgan fingerprint density at radius 2 is 1.64 bits per heavy atom. The molecule has 2 aromatic rings. The topological polar surface area (TPSA) is 86.8 Å². The van der Waals surface area contributed by atoms with E-state index in [0.717, 1.165) is 5.56 Å². The lowest BCUT2D eigenvalue weighted by Crippen LogP contribution is -2.46. The molecule has 4 amide bonds. The number of piperidine rings is 1. The molecule has 1 N–H and O–H groups in total. The molecule has 0 bridgehead atoms. The largest absolute Gasteiger partial charge is 0.353 e. The van der Waals surface area contributed by atoms with Gasteiger partial charge in [-0.25, -0.2) is 0 Å². The van der Waals surface area contributed by atoms with Gasteiger partial charge in [-0.1, -0.05) is 44.2 Å². The predicted octanol–water partition coefficient (Wildman–Crippen LogP) is 2.90. The minimum Gasteiger partial charge on any atom is -0.353 e. The predicted molar refractivity (Wildman–Crippen MR) is 124 cm³/mol. The van der Waals surface area contributed by atoms with Gasteiger partial charge in [0.1, 0.15) is 0 Å². The molecular formula is C26H29N3O4. The fourth-order valence-corrected chi connectivity index (χ4v) is 4.42. The van der Waals surface area contributed by atoms with Crippen molar-refractivity contribution >= 4 is 23.6 Å². The molecule has 0 radical (unpaired) electrons. The fourth-order valence-electron chi connectivity index (χ4n) is 4.42.